The molecule has 5 atom stereocenters. The van der Waals surface area contributed by atoms with Crippen molar-refractivity contribution in [3.8, 4) is 0 Å². The molecular formula is C37H58N3O10PS. The van der Waals surface area contributed by atoms with Gasteiger partial charge in [-0.2, -0.15) is 0 Å². The first-order valence-electron chi connectivity index (χ1n) is 18.8. The summed E-state index contributed by atoms with van der Waals surface area (Å²) < 4.78 is 28.9. The summed E-state index contributed by atoms with van der Waals surface area (Å²) in [5, 5.41) is 2.97. The van der Waals surface area contributed by atoms with E-state index in [0.29, 0.717) is 25.8 Å². The first-order chi connectivity index (χ1) is 25.1. The molecule has 2 unspecified atom stereocenters. The van der Waals surface area contributed by atoms with Crippen LogP contribution in [0.15, 0.2) is 52.2 Å². The van der Waals surface area contributed by atoms with Crippen molar-refractivity contribution in [3.63, 3.8) is 0 Å². The Morgan fingerprint density at radius 1 is 0.923 bits per heavy atom. The zero-order valence-corrected chi connectivity index (χ0v) is 32.4. The van der Waals surface area contributed by atoms with Crippen LogP contribution in [0.2, 0.25) is 0 Å². The van der Waals surface area contributed by atoms with Crippen LogP contribution < -0.4 is 16.6 Å². The van der Waals surface area contributed by atoms with Crippen LogP contribution >= 0.6 is 6.72 Å². The fourth-order valence-corrected chi connectivity index (χ4v) is 7.33. The molecule has 1 saturated heterocycles. The normalized spacial score (nSPS) is 19.6. The van der Waals surface area contributed by atoms with E-state index in [-0.39, 0.29) is 19.1 Å². The number of carbonyl (C=O) groups is 2. The Balaban J connectivity index is 1.50. The zero-order valence-electron chi connectivity index (χ0n) is 30.7. The van der Waals surface area contributed by atoms with Gasteiger partial charge in [0.15, 0.2) is 0 Å². The van der Waals surface area contributed by atoms with Crippen molar-refractivity contribution in [2.24, 2.45) is 5.92 Å². The third kappa shape index (κ3) is 16.4. The number of ether oxygens (including phenoxy) is 3. The molecule has 1 fully saturated rings. The molecule has 2 heterocycles. The predicted molar refractivity (Wildman–Crippen MR) is 202 cm³/mol. The van der Waals surface area contributed by atoms with E-state index in [9.17, 15) is 24.1 Å². The highest BCUT2D eigenvalue weighted by Crippen LogP contribution is 2.50. The molecule has 3 rings (SSSR count). The Bertz CT molecular complexity index is 1490. The van der Waals surface area contributed by atoms with Crippen molar-refractivity contribution in [2.45, 2.75) is 135 Å². The van der Waals surface area contributed by atoms with Crippen LogP contribution in [-0.4, -0.2) is 59.0 Å². The summed E-state index contributed by atoms with van der Waals surface area (Å²) >= 11 is 5.15. The average molecular weight is 768 g/mol. The molecule has 0 bridgehead atoms. The number of nitrogens with one attached hydrogen (secondary N) is 2. The molecule has 15 heteroatoms. The zero-order chi connectivity index (χ0) is 37.6. The van der Waals surface area contributed by atoms with Crippen LogP contribution in [0.1, 0.15) is 121 Å². The Morgan fingerprint density at radius 3 is 2.17 bits per heavy atom. The van der Waals surface area contributed by atoms with Crippen LogP contribution in [0.3, 0.4) is 0 Å². The number of rotatable bonds is 26. The Morgan fingerprint density at radius 2 is 1.56 bits per heavy atom. The number of unbranched alkanes of at least 4 members (excludes halogenated alkanes) is 12. The van der Waals surface area contributed by atoms with Gasteiger partial charge in [-0.1, -0.05) is 114 Å². The van der Waals surface area contributed by atoms with E-state index in [4.69, 9.17) is 35.1 Å². The Labute approximate surface area is 312 Å². The van der Waals surface area contributed by atoms with Gasteiger partial charge in [0.2, 0.25) is 5.91 Å². The van der Waals surface area contributed by atoms with Gasteiger partial charge < -0.3 is 33.5 Å². The molecule has 0 aliphatic carbocycles. The lowest BCUT2D eigenvalue weighted by atomic mass is 9.94. The van der Waals surface area contributed by atoms with Gasteiger partial charge in [-0.05, 0) is 36.6 Å². The number of benzene rings is 1. The Kier molecular flexibility index (Phi) is 20.5. The molecule has 0 saturated carbocycles. The maximum absolute atomic E-state index is 12.8. The standard InChI is InChI=1S/C37H58N3O10PS/c1-3-4-5-6-7-8-9-10-11-12-13-14-18-23-32(41)38-25-19-22-30-34(50-51(45,52)46-2)31(49-35(30)40-26-24-33(42)39-36(40)43)28-48-37(44)47-27-29-20-16-15-17-21-29/h15-17,20-21,24,26,30-31,34-35H,3-14,18-19,22-23,25,27-28H2,1-2H3,(H,38,41)(H,45,52)(H,39,42,43)/t30?,31-,34-,35-,51?/m1/s1. The second-order valence-electron chi connectivity index (χ2n) is 13.3. The van der Waals surface area contributed by atoms with Crippen LogP contribution in [0.5, 0.6) is 0 Å². The van der Waals surface area contributed by atoms with Gasteiger partial charge in [0.1, 0.15) is 31.6 Å². The minimum Gasteiger partial charge on any atom is -0.431 e. The van der Waals surface area contributed by atoms with Crippen molar-refractivity contribution in [1.82, 2.24) is 14.9 Å². The van der Waals surface area contributed by atoms with Crippen molar-refractivity contribution in [3.05, 3.63) is 69.0 Å². The number of amides is 1. The third-order valence-corrected chi connectivity index (χ3v) is 10.9. The smallest absolute Gasteiger partial charge is 0.431 e. The third-order valence-electron chi connectivity index (χ3n) is 9.19. The molecule has 52 heavy (non-hydrogen) atoms. The predicted octanol–water partition coefficient (Wildman–Crippen LogP) is 7.03. The largest absolute Gasteiger partial charge is 0.508 e. The van der Waals surface area contributed by atoms with E-state index in [0.717, 1.165) is 24.8 Å². The van der Waals surface area contributed by atoms with Gasteiger partial charge in [-0.15, -0.1) is 0 Å². The molecule has 13 nitrogen and oxygen atoms in total. The summed E-state index contributed by atoms with van der Waals surface area (Å²) in [6, 6.07) is 10.3. The number of nitrogens with zero attached hydrogens (tertiary/aromatic N) is 1. The molecule has 0 spiro atoms. The van der Waals surface area contributed by atoms with E-state index in [2.05, 4.69) is 17.2 Å². The summed E-state index contributed by atoms with van der Waals surface area (Å²) in [5.74, 6) is -0.655. The number of aromatic nitrogens is 2. The maximum Gasteiger partial charge on any atom is 0.508 e. The molecule has 292 valence electrons. The van der Waals surface area contributed by atoms with Crippen LogP contribution in [0.4, 0.5) is 4.79 Å². The van der Waals surface area contributed by atoms with Gasteiger partial charge >= 0.3 is 18.6 Å². The van der Waals surface area contributed by atoms with Crippen molar-refractivity contribution >= 4 is 30.6 Å². The van der Waals surface area contributed by atoms with Gasteiger partial charge in [0, 0.05) is 38.3 Å². The van der Waals surface area contributed by atoms with Gasteiger partial charge in [-0.25, -0.2) is 9.59 Å². The second kappa shape index (κ2) is 24.4. The van der Waals surface area contributed by atoms with Crippen molar-refractivity contribution < 1.29 is 37.7 Å². The monoisotopic (exact) mass is 767 g/mol. The fourth-order valence-electron chi connectivity index (χ4n) is 6.34. The lowest BCUT2D eigenvalue weighted by Crippen LogP contribution is -2.36. The topological polar surface area (TPSA) is 167 Å². The number of aromatic amines is 1. The van der Waals surface area contributed by atoms with Crippen molar-refractivity contribution in [2.75, 3.05) is 20.3 Å². The van der Waals surface area contributed by atoms with E-state index >= 15 is 0 Å². The highest BCUT2D eigenvalue weighted by Gasteiger charge is 2.49. The highest BCUT2D eigenvalue weighted by molar-refractivity contribution is 8.07. The summed E-state index contributed by atoms with van der Waals surface area (Å²) in [4.78, 5) is 62.6. The molecule has 1 amide bonds. The number of hydrogen-bond donors (Lipinski definition) is 3. The van der Waals surface area contributed by atoms with Crippen LogP contribution in [-0.2, 0) is 46.5 Å². The fraction of sp³-hybridized carbons (Fsp3) is 0.676. The van der Waals surface area contributed by atoms with E-state index < -0.39 is 48.5 Å². The summed E-state index contributed by atoms with van der Waals surface area (Å²) in [7, 11) is 1.22. The minimum atomic E-state index is -3.76. The lowest BCUT2D eigenvalue weighted by molar-refractivity contribution is -0.121. The molecule has 2 aromatic rings. The van der Waals surface area contributed by atoms with Gasteiger partial charge in [-0.3, -0.25) is 19.1 Å². The molecule has 1 aliphatic heterocycles. The maximum atomic E-state index is 12.8. The second-order valence-corrected chi connectivity index (χ2v) is 16.2. The van der Waals surface area contributed by atoms with E-state index in [1.807, 2.05) is 18.2 Å². The average Bonchev–Trinajstić information content (AvgIpc) is 3.45. The first kappa shape index (κ1) is 43.5. The molecule has 3 N–H and O–H groups in total. The lowest BCUT2D eigenvalue weighted by Gasteiger charge is -2.27. The molecule has 1 aromatic heterocycles. The first-order valence-corrected chi connectivity index (χ1v) is 21.4. The van der Waals surface area contributed by atoms with Crippen LogP contribution in [0.25, 0.3) is 0 Å². The summed E-state index contributed by atoms with van der Waals surface area (Å²) in [6.07, 6.45) is 14.8. The van der Waals surface area contributed by atoms with E-state index in [1.54, 1.807) is 12.1 Å². The van der Waals surface area contributed by atoms with Crippen LogP contribution in [0, 0.1) is 5.92 Å². The molecular weight excluding hydrogens is 709 g/mol. The van der Waals surface area contributed by atoms with Gasteiger partial charge in [0.05, 0.1) is 0 Å². The summed E-state index contributed by atoms with van der Waals surface area (Å²) in [6.45, 7) is -1.51. The van der Waals surface area contributed by atoms with E-state index in [1.165, 1.54) is 88.1 Å². The molecule has 1 aromatic carbocycles. The van der Waals surface area contributed by atoms with Crippen molar-refractivity contribution in [1.29, 1.82) is 0 Å². The number of H-pyrrole nitrogens is 1. The highest BCUT2D eigenvalue weighted by atomic mass is 32.5. The number of carbonyl (C=O) groups excluding carboxylic acids is 2. The minimum absolute atomic E-state index is 0.00462. The van der Waals surface area contributed by atoms with Gasteiger partial charge in [0.25, 0.3) is 5.56 Å². The SMILES string of the molecule is CCCCCCCCCCCCCCCC(=O)NCCCC1[C@@H](OP(O)(=S)OC)[C@@H](COC(=O)OCc2ccccc2)O[C@H]1n1ccc(=O)[nH]c1=O. The quantitative estimate of drug-likeness (QED) is 0.0511. The molecule has 1 aliphatic rings. The Hall–Kier alpha value is -2.87. The molecule has 0 radical (unpaired) electrons. The summed E-state index contributed by atoms with van der Waals surface area (Å²) in [5.41, 5.74) is -0.527. The number of hydrogen-bond acceptors (Lipinski definition) is 10.